The molecule has 2 aromatic rings. The van der Waals surface area contributed by atoms with Gasteiger partial charge in [-0.3, -0.25) is 14.8 Å². The highest BCUT2D eigenvalue weighted by atomic mass is 16.3. The molecule has 5 nitrogen and oxygen atoms in total. The summed E-state index contributed by atoms with van der Waals surface area (Å²) >= 11 is 0. The minimum absolute atomic E-state index is 0.889. The van der Waals surface area contributed by atoms with Crippen LogP contribution in [0.1, 0.15) is 17.1 Å². The van der Waals surface area contributed by atoms with Crippen LogP contribution < -0.4 is 0 Å². The van der Waals surface area contributed by atoms with E-state index in [0.717, 1.165) is 56.4 Å². The Hall–Kier alpha value is -1.72. The van der Waals surface area contributed by atoms with Gasteiger partial charge in [0.15, 0.2) is 6.39 Å². The smallest absolute Gasteiger partial charge is 0.181 e. The van der Waals surface area contributed by atoms with E-state index >= 15 is 0 Å². The lowest BCUT2D eigenvalue weighted by Gasteiger charge is -2.34. The van der Waals surface area contributed by atoms with Crippen molar-refractivity contribution < 1.29 is 4.42 Å². The summed E-state index contributed by atoms with van der Waals surface area (Å²) < 4.78 is 5.25. The fourth-order valence-electron chi connectivity index (χ4n) is 2.52. The molecule has 1 aliphatic heterocycles. The molecule has 0 spiro atoms. The maximum absolute atomic E-state index is 5.25. The fourth-order valence-corrected chi connectivity index (χ4v) is 2.52. The largest absolute Gasteiger partial charge is 0.448 e. The number of nitrogens with zero attached hydrogens (tertiary/aromatic N) is 4. The van der Waals surface area contributed by atoms with Crippen molar-refractivity contribution in [2.75, 3.05) is 26.2 Å². The van der Waals surface area contributed by atoms with Gasteiger partial charge >= 0.3 is 0 Å². The Morgan fingerprint density at radius 3 is 2.40 bits per heavy atom. The van der Waals surface area contributed by atoms with Crippen LogP contribution in [0.2, 0.25) is 0 Å². The fraction of sp³-hybridized carbons (Fsp3) is 0.467. The molecule has 0 radical (unpaired) electrons. The maximum Gasteiger partial charge on any atom is 0.181 e. The molecule has 3 heterocycles. The van der Waals surface area contributed by atoms with Crippen LogP contribution in [-0.2, 0) is 13.1 Å². The Morgan fingerprint density at radius 2 is 1.80 bits per heavy atom. The lowest BCUT2D eigenvalue weighted by molar-refractivity contribution is 0.120. The second-order valence-electron chi connectivity index (χ2n) is 5.23. The second-order valence-corrected chi connectivity index (χ2v) is 5.23. The number of aromatic nitrogens is 2. The molecule has 0 aliphatic carbocycles. The van der Waals surface area contributed by atoms with Crippen LogP contribution in [-0.4, -0.2) is 45.9 Å². The predicted molar refractivity (Wildman–Crippen MR) is 76.0 cm³/mol. The van der Waals surface area contributed by atoms with Crippen molar-refractivity contribution in [1.82, 2.24) is 19.8 Å². The summed E-state index contributed by atoms with van der Waals surface area (Å²) in [6.45, 7) is 8.09. The van der Waals surface area contributed by atoms with Gasteiger partial charge in [-0.25, -0.2) is 4.98 Å². The number of hydrogen-bond donors (Lipinski definition) is 0. The van der Waals surface area contributed by atoms with E-state index in [4.69, 9.17) is 4.42 Å². The van der Waals surface area contributed by atoms with Gasteiger partial charge in [0.25, 0.3) is 0 Å². The van der Waals surface area contributed by atoms with E-state index in [0.29, 0.717) is 0 Å². The highest BCUT2D eigenvalue weighted by molar-refractivity contribution is 5.05. The molecule has 2 aromatic heterocycles. The summed E-state index contributed by atoms with van der Waals surface area (Å²) in [5, 5.41) is 0. The van der Waals surface area contributed by atoms with Crippen LogP contribution in [0.3, 0.4) is 0 Å². The molecule has 3 rings (SSSR count). The third-order valence-corrected chi connectivity index (χ3v) is 3.79. The zero-order valence-electron chi connectivity index (χ0n) is 11.8. The lowest BCUT2D eigenvalue weighted by Crippen LogP contribution is -2.45. The van der Waals surface area contributed by atoms with Gasteiger partial charge in [0.2, 0.25) is 0 Å². The topological polar surface area (TPSA) is 45.4 Å². The van der Waals surface area contributed by atoms with Crippen LogP contribution in [0.15, 0.2) is 35.2 Å². The summed E-state index contributed by atoms with van der Waals surface area (Å²) in [5.41, 5.74) is 2.21. The number of aryl methyl sites for hydroxylation is 1. The molecule has 0 N–H and O–H groups in total. The van der Waals surface area contributed by atoms with Crippen molar-refractivity contribution in [1.29, 1.82) is 0 Å². The van der Waals surface area contributed by atoms with Crippen LogP contribution in [0.4, 0.5) is 0 Å². The van der Waals surface area contributed by atoms with Gasteiger partial charge in [0, 0.05) is 45.5 Å². The number of piperazine rings is 1. The molecule has 5 heteroatoms. The molecular formula is C15H20N4O. The van der Waals surface area contributed by atoms with Gasteiger partial charge in [0.05, 0.1) is 11.4 Å². The molecule has 0 aromatic carbocycles. The molecule has 0 amide bonds. The number of rotatable bonds is 4. The van der Waals surface area contributed by atoms with E-state index < -0.39 is 0 Å². The zero-order valence-corrected chi connectivity index (χ0v) is 11.8. The van der Waals surface area contributed by atoms with Gasteiger partial charge in [-0.15, -0.1) is 0 Å². The minimum Gasteiger partial charge on any atom is -0.448 e. The van der Waals surface area contributed by atoms with E-state index in [1.54, 1.807) is 0 Å². The zero-order chi connectivity index (χ0) is 13.8. The van der Waals surface area contributed by atoms with Crippen LogP contribution in [0.25, 0.3) is 0 Å². The Balaban J connectivity index is 1.49. The normalized spacial score (nSPS) is 17.4. The third-order valence-electron chi connectivity index (χ3n) is 3.79. The average Bonchev–Trinajstić information content (AvgIpc) is 2.88. The third kappa shape index (κ3) is 3.23. The van der Waals surface area contributed by atoms with Crippen molar-refractivity contribution in [3.8, 4) is 0 Å². The van der Waals surface area contributed by atoms with Crippen molar-refractivity contribution in [2.45, 2.75) is 20.0 Å². The molecule has 1 aliphatic rings. The molecule has 0 atom stereocenters. The van der Waals surface area contributed by atoms with Gasteiger partial charge in [-0.05, 0) is 19.1 Å². The van der Waals surface area contributed by atoms with Crippen molar-refractivity contribution in [3.05, 3.63) is 47.9 Å². The first kappa shape index (κ1) is 13.3. The summed E-state index contributed by atoms with van der Waals surface area (Å²) in [6, 6.07) is 6.10. The molecule has 1 saturated heterocycles. The number of hydrogen-bond acceptors (Lipinski definition) is 5. The molecule has 0 unspecified atom stereocenters. The number of pyridine rings is 1. The van der Waals surface area contributed by atoms with Gasteiger partial charge < -0.3 is 4.42 Å². The summed E-state index contributed by atoms with van der Waals surface area (Å²) in [6.07, 6.45) is 3.39. The summed E-state index contributed by atoms with van der Waals surface area (Å²) in [7, 11) is 0. The van der Waals surface area contributed by atoms with E-state index in [9.17, 15) is 0 Å². The van der Waals surface area contributed by atoms with Gasteiger partial charge in [-0.2, -0.15) is 0 Å². The van der Waals surface area contributed by atoms with Crippen LogP contribution in [0, 0.1) is 6.92 Å². The van der Waals surface area contributed by atoms with E-state index in [2.05, 4.69) is 25.8 Å². The standard InChI is InChI=1S/C15H20N4O/c1-13-15(17-12-20-13)11-19-8-6-18(7-9-19)10-14-4-2-3-5-16-14/h2-5,12H,6-11H2,1H3. The predicted octanol–water partition coefficient (Wildman–Crippen LogP) is 1.70. The minimum atomic E-state index is 0.889. The molecule has 0 saturated carbocycles. The van der Waals surface area contributed by atoms with Crippen LogP contribution >= 0.6 is 0 Å². The Labute approximate surface area is 119 Å². The highest BCUT2D eigenvalue weighted by Gasteiger charge is 2.18. The average molecular weight is 272 g/mol. The molecule has 106 valence electrons. The molecule has 1 fully saturated rings. The Bertz CT molecular complexity index is 532. The quantitative estimate of drug-likeness (QED) is 0.847. The highest BCUT2D eigenvalue weighted by Crippen LogP contribution is 2.12. The van der Waals surface area contributed by atoms with E-state index in [1.165, 1.54) is 6.39 Å². The molecular weight excluding hydrogens is 252 g/mol. The molecule has 0 bridgehead atoms. The summed E-state index contributed by atoms with van der Waals surface area (Å²) in [4.78, 5) is 13.5. The second kappa shape index (κ2) is 6.15. The Morgan fingerprint density at radius 1 is 1.05 bits per heavy atom. The first-order valence-corrected chi connectivity index (χ1v) is 7.05. The first-order valence-electron chi connectivity index (χ1n) is 7.05. The van der Waals surface area contributed by atoms with Crippen LogP contribution in [0.5, 0.6) is 0 Å². The van der Waals surface area contributed by atoms with E-state index in [-0.39, 0.29) is 0 Å². The number of oxazole rings is 1. The lowest BCUT2D eigenvalue weighted by atomic mass is 10.2. The molecule has 20 heavy (non-hydrogen) atoms. The first-order chi connectivity index (χ1) is 9.81. The van der Waals surface area contributed by atoms with E-state index in [1.807, 2.05) is 25.3 Å². The SMILES string of the molecule is Cc1ocnc1CN1CCN(Cc2ccccn2)CC1. The van der Waals surface area contributed by atoms with Crippen molar-refractivity contribution >= 4 is 0 Å². The summed E-state index contributed by atoms with van der Waals surface area (Å²) in [5.74, 6) is 0.931. The van der Waals surface area contributed by atoms with Crippen molar-refractivity contribution in [3.63, 3.8) is 0 Å². The van der Waals surface area contributed by atoms with Gasteiger partial charge in [0.1, 0.15) is 5.76 Å². The van der Waals surface area contributed by atoms with Gasteiger partial charge in [-0.1, -0.05) is 6.07 Å². The van der Waals surface area contributed by atoms with Crippen molar-refractivity contribution in [2.24, 2.45) is 0 Å². The Kier molecular flexibility index (Phi) is 4.08. The monoisotopic (exact) mass is 272 g/mol. The maximum atomic E-state index is 5.25.